The third-order valence-corrected chi connectivity index (χ3v) is 7.58. The Morgan fingerprint density at radius 3 is 2.39 bits per heavy atom. The molecule has 0 aliphatic heterocycles. The lowest BCUT2D eigenvalue weighted by molar-refractivity contribution is -0.151. The van der Waals surface area contributed by atoms with E-state index in [0.717, 1.165) is 19.3 Å². The van der Waals surface area contributed by atoms with Gasteiger partial charge in [0.2, 0.25) is 5.91 Å². The van der Waals surface area contributed by atoms with Gasteiger partial charge in [-0.25, -0.2) is 9.59 Å². The molecule has 1 aromatic carbocycles. The summed E-state index contributed by atoms with van der Waals surface area (Å²) < 4.78 is 10.4. The van der Waals surface area contributed by atoms with Gasteiger partial charge in [0.1, 0.15) is 17.4 Å². The lowest BCUT2D eigenvalue weighted by atomic mass is 9.49. The average Bonchev–Trinajstić information content (AvgIpc) is 2.71. The smallest absolute Gasteiger partial charge is 0.336 e. The predicted octanol–water partition coefficient (Wildman–Crippen LogP) is 3.13. The third kappa shape index (κ3) is 3.60. The molecule has 1 atom stereocenters. The fourth-order valence-corrected chi connectivity index (χ4v) is 6.63. The summed E-state index contributed by atoms with van der Waals surface area (Å²) in [4.78, 5) is 37.5. The Kier molecular flexibility index (Phi) is 4.79. The Morgan fingerprint density at radius 2 is 1.81 bits per heavy atom. The first-order valence-electron chi connectivity index (χ1n) is 11.0. The van der Waals surface area contributed by atoms with Crippen molar-refractivity contribution in [2.24, 2.45) is 23.2 Å². The number of aliphatic carboxylic acids is 1. The van der Waals surface area contributed by atoms with Crippen LogP contribution in [0.25, 0.3) is 11.0 Å². The van der Waals surface area contributed by atoms with Crippen LogP contribution in [0.15, 0.2) is 33.5 Å². The maximum Gasteiger partial charge on any atom is 0.336 e. The van der Waals surface area contributed by atoms with Crippen LogP contribution in [0, 0.1) is 23.2 Å². The van der Waals surface area contributed by atoms with Gasteiger partial charge in [-0.05, 0) is 74.0 Å². The largest absolute Gasteiger partial charge is 0.497 e. The summed E-state index contributed by atoms with van der Waals surface area (Å²) in [7, 11) is 1.52. The van der Waals surface area contributed by atoms with Gasteiger partial charge in [0.05, 0.1) is 7.11 Å². The van der Waals surface area contributed by atoms with Gasteiger partial charge in [-0.15, -0.1) is 0 Å². The molecule has 0 unspecified atom stereocenters. The molecule has 4 bridgehead atoms. The monoisotopic (exact) mass is 425 g/mol. The molecule has 1 amide bonds. The van der Waals surface area contributed by atoms with Crippen molar-refractivity contribution in [3.63, 3.8) is 0 Å². The third-order valence-electron chi connectivity index (χ3n) is 7.58. The van der Waals surface area contributed by atoms with Gasteiger partial charge in [-0.3, -0.25) is 4.79 Å². The number of nitrogens with one attached hydrogen (secondary N) is 1. The number of fused-ring (bicyclic) bond motifs is 1. The summed E-state index contributed by atoms with van der Waals surface area (Å²) in [6, 6.07) is 5.28. The number of carbonyl (C=O) groups excluding carboxylic acids is 1. The number of amides is 1. The van der Waals surface area contributed by atoms with Gasteiger partial charge in [0.15, 0.2) is 0 Å². The molecule has 0 saturated heterocycles. The van der Waals surface area contributed by atoms with E-state index in [2.05, 4.69) is 5.32 Å². The minimum absolute atomic E-state index is 0.0157. The van der Waals surface area contributed by atoms with Crippen LogP contribution in [0.3, 0.4) is 0 Å². The van der Waals surface area contributed by atoms with Crippen LogP contribution in [0.1, 0.15) is 44.1 Å². The number of benzene rings is 1. The molecule has 2 aromatic rings. The van der Waals surface area contributed by atoms with E-state index in [-0.39, 0.29) is 12.3 Å². The SMILES string of the molecule is COc1ccc2c(C[C@@H](NC(=O)C34CC5CC(CC(C5)C3)C4)C(=O)O)cc(=O)oc2c1. The lowest BCUT2D eigenvalue weighted by Gasteiger charge is -2.55. The zero-order valence-corrected chi connectivity index (χ0v) is 17.6. The van der Waals surface area contributed by atoms with E-state index in [9.17, 15) is 19.5 Å². The van der Waals surface area contributed by atoms with E-state index in [1.807, 2.05) is 0 Å². The molecule has 4 aliphatic rings. The normalized spacial score (nSPS) is 29.6. The molecule has 7 heteroatoms. The van der Waals surface area contributed by atoms with E-state index >= 15 is 0 Å². The average molecular weight is 425 g/mol. The van der Waals surface area contributed by atoms with Gasteiger partial charge >= 0.3 is 11.6 Å². The van der Waals surface area contributed by atoms with Crippen molar-refractivity contribution >= 4 is 22.8 Å². The molecular formula is C24H27NO6. The van der Waals surface area contributed by atoms with E-state index in [0.29, 0.717) is 40.0 Å². The van der Waals surface area contributed by atoms with E-state index in [1.165, 1.54) is 32.4 Å². The van der Waals surface area contributed by atoms with E-state index in [1.54, 1.807) is 18.2 Å². The fraction of sp³-hybridized carbons (Fsp3) is 0.542. The minimum atomic E-state index is -1.10. The molecule has 0 spiro atoms. The number of hydrogen-bond donors (Lipinski definition) is 2. The van der Waals surface area contributed by atoms with Crippen molar-refractivity contribution < 1.29 is 23.8 Å². The molecule has 1 aromatic heterocycles. The molecule has 4 saturated carbocycles. The summed E-state index contributed by atoms with van der Waals surface area (Å²) in [5.41, 5.74) is -0.119. The zero-order chi connectivity index (χ0) is 21.8. The van der Waals surface area contributed by atoms with Gasteiger partial charge in [-0.2, -0.15) is 0 Å². The first-order valence-corrected chi connectivity index (χ1v) is 11.0. The molecule has 4 aliphatic carbocycles. The quantitative estimate of drug-likeness (QED) is 0.689. The Labute approximate surface area is 179 Å². The van der Waals surface area contributed by atoms with E-state index < -0.39 is 23.1 Å². The summed E-state index contributed by atoms with van der Waals surface area (Å²) in [6.07, 6.45) is 6.26. The standard InChI is InChI=1S/C24H27NO6/c1-30-17-2-3-18-16(8-21(26)31-20(18)9-17)7-19(22(27)28)25-23(29)24-10-13-4-14(11-24)6-15(5-13)12-24/h2-3,8-9,13-15,19H,4-7,10-12H2,1H3,(H,25,29)(H,27,28)/t13?,14?,15?,19-,24?/m1/s1. The molecule has 0 radical (unpaired) electrons. The van der Waals surface area contributed by atoms with Crippen LogP contribution in [-0.2, 0) is 16.0 Å². The number of ether oxygens (including phenoxy) is 1. The van der Waals surface area contributed by atoms with Gasteiger partial charge in [0, 0.05) is 29.4 Å². The predicted molar refractivity (Wildman–Crippen MR) is 113 cm³/mol. The lowest BCUT2D eigenvalue weighted by Crippen LogP contribution is -2.56. The maximum atomic E-state index is 13.3. The Balaban J connectivity index is 1.40. The first-order chi connectivity index (χ1) is 14.8. The second-order valence-electron chi connectivity index (χ2n) is 9.72. The van der Waals surface area contributed by atoms with Crippen molar-refractivity contribution in [1.82, 2.24) is 5.32 Å². The molecular weight excluding hydrogens is 398 g/mol. The number of rotatable bonds is 6. The van der Waals surface area contributed by atoms with Crippen molar-refractivity contribution in [3.8, 4) is 5.75 Å². The molecule has 6 rings (SSSR count). The summed E-state index contributed by atoms with van der Waals surface area (Å²) in [5.74, 6) is 1.09. The van der Waals surface area contributed by atoms with Crippen LogP contribution in [0.5, 0.6) is 5.75 Å². The number of carboxylic acids is 1. The second kappa shape index (κ2) is 7.39. The van der Waals surface area contributed by atoms with Crippen LogP contribution < -0.4 is 15.7 Å². The first kappa shape index (κ1) is 20.1. The van der Waals surface area contributed by atoms with Gasteiger partial charge in [0.25, 0.3) is 0 Å². The maximum absolute atomic E-state index is 13.3. The van der Waals surface area contributed by atoms with Crippen LogP contribution in [0.4, 0.5) is 0 Å². The minimum Gasteiger partial charge on any atom is -0.497 e. The molecule has 4 fully saturated rings. The summed E-state index contributed by atoms with van der Waals surface area (Å²) >= 11 is 0. The highest BCUT2D eigenvalue weighted by Gasteiger charge is 2.55. The molecule has 164 valence electrons. The number of carboxylic acid groups (broad SMARTS) is 1. The van der Waals surface area contributed by atoms with Gasteiger partial charge in [-0.1, -0.05) is 0 Å². The summed E-state index contributed by atoms with van der Waals surface area (Å²) in [5, 5.41) is 13.3. The number of hydrogen-bond acceptors (Lipinski definition) is 5. The highest BCUT2D eigenvalue weighted by molar-refractivity contribution is 5.89. The van der Waals surface area contributed by atoms with Crippen molar-refractivity contribution in [2.45, 2.75) is 51.0 Å². The topological polar surface area (TPSA) is 106 Å². The van der Waals surface area contributed by atoms with Crippen molar-refractivity contribution in [3.05, 3.63) is 40.2 Å². The molecule has 2 N–H and O–H groups in total. The Morgan fingerprint density at radius 1 is 1.16 bits per heavy atom. The zero-order valence-electron chi connectivity index (χ0n) is 17.6. The second-order valence-corrected chi connectivity index (χ2v) is 9.72. The Bertz CT molecular complexity index is 1070. The highest BCUT2D eigenvalue weighted by Crippen LogP contribution is 2.60. The summed E-state index contributed by atoms with van der Waals surface area (Å²) in [6.45, 7) is 0. The highest BCUT2D eigenvalue weighted by atomic mass is 16.5. The van der Waals surface area contributed by atoms with Gasteiger partial charge < -0.3 is 19.6 Å². The van der Waals surface area contributed by atoms with E-state index in [4.69, 9.17) is 9.15 Å². The van der Waals surface area contributed by atoms with Crippen molar-refractivity contribution in [2.75, 3.05) is 7.11 Å². The van der Waals surface area contributed by atoms with Crippen LogP contribution >= 0.6 is 0 Å². The molecule has 31 heavy (non-hydrogen) atoms. The molecule has 1 heterocycles. The van der Waals surface area contributed by atoms with Crippen molar-refractivity contribution in [1.29, 1.82) is 0 Å². The Hall–Kier alpha value is -2.83. The number of methoxy groups -OCH3 is 1. The molecule has 7 nitrogen and oxygen atoms in total. The number of carbonyl (C=O) groups is 2. The van der Waals surface area contributed by atoms with Crippen LogP contribution in [0.2, 0.25) is 0 Å². The fourth-order valence-electron chi connectivity index (χ4n) is 6.63. The van der Waals surface area contributed by atoms with Crippen LogP contribution in [-0.4, -0.2) is 30.1 Å².